The summed E-state index contributed by atoms with van der Waals surface area (Å²) in [5, 5.41) is 5.40. The summed E-state index contributed by atoms with van der Waals surface area (Å²) in [5.74, 6) is -0.371. The van der Waals surface area contributed by atoms with Crippen molar-refractivity contribution >= 4 is 12.0 Å². The van der Waals surface area contributed by atoms with Crippen LogP contribution in [0.5, 0.6) is 0 Å². The second-order valence-corrected chi connectivity index (χ2v) is 2.92. The zero-order chi connectivity index (χ0) is 12.4. The van der Waals surface area contributed by atoms with E-state index in [1.165, 1.54) is 7.11 Å². The molecule has 5 heteroatoms. The minimum atomic E-state index is -0.563. The van der Waals surface area contributed by atoms with Crippen LogP contribution in [0.3, 0.4) is 0 Å². The summed E-state index contributed by atoms with van der Waals surface area (Å²) in [4.78, 5) is 19.3. The lowest BCUT2D eigenvalue weighted by Crippen LogP contribution is -2.33. The van der Waals surface area contributed by atoms with Crippen LogP contribution in [0.15, 0.2) is 30.3 Å². The van der Waals surface area contributed by atoms with Crippen LogP contribution >= 0.6 is 0 Å². The standard InChI is InChI=1S/C10H13NO2.CHNO/c1-13-10(12)9(11)7-8-5-3-2-4-6-8;2-1-3/h2-6,9H,7,11H2,1H3;2H/t9-;/m0./s1. The lowest BCUT2D eigenvalue weighted by atomic mass is 10.1. The average Bonchev–Trinajstić information content (AvgIpc) is 2.30. The summed E-state index contributed by atoms with van der Waals surface area (Å²) in [6.45, 7) is 0. The van der Waals surface area contributed by atoms with Crippen LogP contribution in [0.25, 0.3) is 0 Å². The van der Waals surface area contributed by atoms with Crippen molar-refractivity contribution in [3.8, 4) is 0 Å². The van der Waals surface area contributed by atoms with Crippen LogP contribution in [0.2, 0.25) is 0 Å². The molecule has 16 heavy (non-hydrogen) atoms. The Bertz CT molecular complexity index is 346. The van der Waals surface area contributed by atoms with Crippen molar-refractivity contribution in [1.82, 2.24) is 0 Å². The fourth-order valence-electron chi connectivity index (χ4n) is 1.10. The van der Waals surface area contributed by atoms with Gasteiger partial charge in [0, 0.05) is 0 Å². The molecule has 0 unspecified atom stereocenters. The number of esters is 1. The van der Waals surface area contributed by atoms with Crippen molar-refractivity contribution in [3.63, 3.8) is 0 Å². The van der Waals surface area contributed by atoms with E-state index in [1.807, 2.05) is 30.3 Å². The van der Waals surface area contributed by atoms with Crippen molar-refractivity contribution < 1.29 is 14.3 Å². The van der Waals surface area contributed by atoms with E-state index in [0.717, 1.165) is 11.6 Å². The number of benzene rings is 1. The number of carbonyl (C=O) groups excluding carboxylic acids is 2. The van der Waals surface area contributed by atoms with Crippen molar-refractivity contribution in [2.24, 2.45) is 5.73 Å². The fraction of sp³-hybridized carbons (Fsp3) is 0.273. The SMILES string of the molecule is COC(=O)[C@@H](N)Cc1ccccc1.N=C=O. The molecule has 0 spiro atoms. The first-order chi connectivity index (χ1) is 7.65. The number of methoxy groups -OCH3 is 1. The van der Waals surface area contributed by atoms with E-state index in [1.54, 1.807) is 0 Å². The van der Waals surface area contributed by atoms with Crippen LogP contribution in [0.1, 0.15) is 5.56 Å². The molecule has 1 rings (SSSR count). The molecule has 1 aromatic carbocycles. The lowest BCUT2D eigenvalue weighted by molar-refractivity contribution is -0.142. The van der Waals surface area contributed by atoms with Gasteiger partial charge in [-0.05, 0) is 12.0 Å². The highest BCUT2D eigenvalue weighted by atomic mass is 16.5. The number of carbonyl (C=O) groups is 1. The third-order valence-electron chi connectivity index (χ3n) is 1.80. The van der Waals surface area contributed by atoms with Gasteiger partial charge in [0.15, 0.2) is 0 Å². The minimum Gasteiger partial charge on any atom is -0.468 e. The first-order valence-electron chi connectivity index (χ1n) is 4.57. The van der Waals surface area contributed by atoms with Gasteiger partial charge in [-0.25, -0.2) is 10.2 Å². The van der Waals surface area contributed by atoms with Gasteiger partial charge in [0.25, 0.3) is 0 Å². The molecule has 0 heterocycles. The molecule has 0 bridgehead atoms. The third-order valence-corrected chi connectivity index (χ3v) is 1.80. The van der Waals surface area contributed by atoms with E-state index in [0.29, 0.717) is 6.42 Å². The second kappa shape index (κ2) is 8.35. The van der Waals surface area contributed by atoms with Gasteiger partial charge >= 0.3 is 5.97 Å². The van der Waals surface area contributed by atoms with Gasteiger partial charge in [-0.15, -0.1) is 0 Å². The van der Waals surface area contributed by atoms with Gasteiger partial charge in [-0.3, -0.25) is 4.79 Å². The van der Waals surface area contributed by atoms with Crippen molar-refractivity contribution in [3.05, 3.63) is 35.9 Å². The summed E-state index contributed by atoms with van der Waals surface area (Å²) >= 11 is 0. The summed E-state index contributed by atoms with van der Waals surface area (Å²) in [7, 11) is 1.34. The van der Waals surface area contributed by atoms with E-state index >= 15 is 0 Å². The van der Waals surface area contributed by atoms with Gasteiger partial charge in [0.1, 0.15) is 6.04 Å². The fourth-order valence-corrected chi connectivity index (χ4v) is 1.10. The predicted octanol–water partition coefficient (Wildman–Crippen LogP) is 0.630. The van der Waals surface area contributed by atoms with Gasteiger partial charge in [0.05, 0.1) is 7.11 Å². The molecule has 0 aliphatic carbocycles. The number of hydrogen-bond donors (Lipinski definition) is 2. The number of rotatable bonds is 3. The van der Waals surface area contributed by atoms with Crippen LogP contribution < -0.4 is 5.73 Å². The Morgan fingerprint density at radius 1 is 1.50 bits per heavy atom. The quantitative estimate of drug-likeness (QED) is 0.445. The zero-order valence-corrected chi connectivity index (χ0v) is 8.97. The molecule has 0 aromatic heterocycles. The van der Waals surface area contributed by atoms with Crippen molar-refractivity contribution in [2.45, 2.75) is 12.5 Å². The molecule has 0 aliphatic rings. The zero-order valence-electron chi connectivity index (χ0n) is 8.97. The highest BCUT2D eigenvalue weighted by Gasteiger charge is 2.13. The Balaban J connectivity index is 0.000000673. The van der Waals surface area contributed by atoms with E-state index in [2.05, 4.69) is 4.74 Å². The summed E-state index contributed by atoms with van der Waals surface area (Å²) in [5.41, 5.74) is 6.63. The summed E-state index contributed by atoms with van der Waals surface area (Å²) < 4.78 is 4.52. The van der Waals surface area contributed by atoms with Gasteiger partial charge in [-0.2, -0.15) is 0 Å². The van der Waals surface area contributed by atoms with Crippen molar-refractivity contribution in [2.75, 3.05) is 7.11 Å². The molecule has 0 fully saturated rings. The Hall–Kier alpha value is -1.97. The third kappa shape index (κ3) is 5.70. The monoisotopic (exact) mass is 222 g/mol. The molecule has 0 amide bonds. The average molecular weight is 222 g/mol. The lowest BCUT2D eigenvalue weighted by Gasteiger charge is -2.08. The molecule has 5 nitrogen and oxygen atoms in total. The van der Waals surface area contributed by atoms with Gasteiger partial charge in [-0.1, -0.05) is 30.3 Å². The molecule has 1 aromatic rings. The highest BCUT2D eigenvalue weighted by molar-refractivity contribution is 5.75. The van der Waals surface area contributed by atoms with E-state index < -0.39 is 6.04 Å². The first kappa shape index (κ1) is 14.0. The molecular formula is C11H14N2O3. The Morgan fingerprint density at radius 2 is 2.00 bits per heavy atom. The predicted molar refractivity (Wildman–Crippen MR) is 58.6 cm³/mol. The number of isocyanates is 1. The van der Waals surface area contributed by atoms with Gasteiger partial charge in [0.2, 0.25) is 6.08 Å². The van der Waals surface area contributed by atoms with Crippen LogP contribution in [-0.2, 0) is 20.7 Å². The molecule has 0 radical (unpaired) electrons. The Kier molecular flexibility index (Phi) is 7.32. The molecule has 0 saturated carbocycles. The molecule has 0 aliphatic heterocycles. The van der Waals surface area contributed by atoms with Crippen LogP contribution in [0, 0.1) is 5.41 Å². The maximum atomic E-state index is 11.0. The van der Waals surface area contributed by atoms with E-state index in [-0.39, 0.29) is 5.97 Å². The molecule has 3 N–H and O–H groups in total. The number of hydrogen-bond acceptors (Lipinski definition) is 5. The van der Waals surface area contributed by atoms with Crippen LogP contribution in [-0.4, -0.2) is 25.2 Å². The molecular weight excluding hydrogens is 208 g/mol. The number of nitrogens with two attached hydrogens (primary N) is 1. The normalized spacial score (nSPS) is 10.4. The maximum Gasteiger partial charge on any atom is 0.322 e. The van der Waals surface area contributed by atoms with Crippen molar-refractivity contribution in [1.29, 1.82) is 5.41 Å². The molecule has 1 atom stereocenters. The smallest absolute Gasteiger partial charge is 0.322 e. The number of ether oxygens (including phenoxy) is 1. The summed E-state index contributed by atoms with van der Waals surface area (Å²) in [6.07, 6.45) is 1.27. The van der Waals surface area contributed by atoms with E-state index in [9.17, 15) is 4.79 Å². The number of nitrogens with one attached hydrogen (secondary N) is 1. The largest absolute Gasteiger partial charge is 0.468 e. The van der Waals surface area contributed by atoms with Gasteiger partial charge < -0.3 is 10.5 Å². The Labute approximate surface area is 93.7 Å². The molecule has 0 saturated heterocycles. The molecule has 86 valence electrons. The second-order valence-electron chi connectivity index (χ2n) is 2.92. The van der Waals surface area contributed by atoms with E-state index in [4.69, 9.17) is 15.9 Å². The topological polar surface area (TPSA) is 93.2 Å². The highest BCUT2D eigenvalue weighted by Crippen LogP contribution is 2.02. The first-order valence-corrected chi connectivity index (χ1v) is 4.57. The Morgan fingerprint density at radius 3 is 2.44 bits per heavy atom. The minimum absolute atomic E-state index is 0.371. The maximum absolute atomic E-state index is 11.0. The van der Waals surface area contributed by atoms with Crippen LogP contribution in [0.4, 0.5) is 0 Å². The summed E-state index contributed by atoms with van der Waals surface area (Å²) in [6, 6.07) is 9.06.